The van der Waals surface area contributed by atoms with E-state index >= 15 is 0 Å². The Kier molecular flexibility index (Phi) is 8.40. The molecule has 2 N–H and O–H groups in total. The van der Waals surface area contributed by atoms with Crippen LogP contribution in [0.2, 0.25) is 0 Å². The molecule has 0 aliphatic rings. The number of unbranched alkanes of at least 4 members (excludes halogenated alkanes) is 2. The number of rotatable bonds is 9. The molecular formula is C26H32N4O4. The second kappa shape index (κ2) is 11.4. The van der Waals surface area contributed by atoms with Crippen LogP contribution < -0.4 is 21.1 Å². The van der Waals surface area contributed by atoms with E-state index in [1.165, 1.54) is 4.68 Å². The minimum atomic E-state index is -0.604. The van der Waals surface area contributed by atoms with E-state index in [1.54, 1.807) is 24.3 Å². The monoisotopic (exact) mass is 464 g/mol. The second-order valence-corrected chi connectivity index (χ2v) is 8.62. The highest BCUT2D eigenvalue weighted by atomic mass is 16.5. The number of benzene rings is 2. The fourth-order valence-corrected chi connectivity index (χ4v) is 3.67. The van der Waals surface area contributed by atoms with Crippen LogP contribution in [0.3, 0.4) is 0 Å². The van der Waals surface area contributed by atoms with Crippen LogP contribution >= 0.6 is 0 Å². The summed E-state index contributed by atoms with van der Waals surface area (Å²) in [6, 6.07) is 12.7. The van der Waals surface area contributed by atoms with Gasteiger partial charge in [0.05, 0.1) is 5.39 Å². The number of amides is 2. The third-order valence-electron chi connectivity index (χ3n) is 5.52. The number of aromatic nitrogens is 2. The lowest BCUT2D eigenvalue weighted by molar-refractivity contribution is -0.123. The molecule has 34 heavy (non-hydrogen) atoms. The van der Waals surface area contributed by atoms with Crippen molar-refractivity contribution < 1.29 is 14.3 Å². The van der Waals surface area contributed by atoms with Crippen molar-refractivity contribution in [1.82, 2.24) is 20.6 Å². The van der Waals surface area contributed by atoms with E-state index in [1.807, 2.05) is 25.1 Å². The summed E-state index contributed by atoms with van der Waals surface area (Å²) in [6.07, 6.45) is 2.75. The fraction of sp³-hybridized carbons (Fsp3) is 0.385. The van der Waals surface area contributed by atoms with Gasteiger partial charge in [0, 0.05) is 11.9 Å². The smallest absolute Gasteiger partial charge is 0.290 e. The zero-order chi connectivity index (χ0) is 24.7. The topological polar surface area (TPSA) is 102 Å². The largest absolute Gasteiger partial charge is 0.483 e. The van der Waals surface area contributed by atoms with Crippen LogP contribution in [0.25, 0.3) is 10.8 Å². The molecule has 3 rings (SSSR count). The second-order valence-electron chi connectivity index (χ2n) is 8.62. The van der Waals surface area contributed by atoms with Gasteiger partial charge >= 0.3 is 0 Å². The lowest BCUT2D eigenvalue weighted by Crippen LogP contribution is -2.44. The Hall–Kier alpha value is -3.68. The first-order valence-electron chi connectivity index (χ1n) is 11.6. The van der Waals surface area contributed by atoms with Crippen LogP contribution in [-0.4, -0.2) is 28.2 Å². The standard InChI is InChI=1S/C26H32N4O4/c1-5-6-9-14-30-26(33)21-11-8-7-10-20(21)24(29-30)25(32)28-27-23(31)16-34-22-15-18(4)12-13-19(22)17(2)3/h7-8,10-13,15,17H,5-6,9,14,16H2,1-4H3,(H,27,31)(H,28,32). The van der Waals surface area contributed by atoms with Gasteiger partial charge in [-0.15, -0.1) is 0 Å². The molecule has 180 valence electrons. The molecule has 3 aromatic rings. The Morgan fingerprint density at radius 3 is 2.50 bits per heavy atom. The van der Waals surface area contributed by atoms with E-state index in [-0.39, 0.29) is 23.8 Å². The summed E-state index contributed by atoms with van der Waals surface area (Å²) in [5, 5.41) is 5.14. The molecule has 1 aromatic heterocycles. The van der Waals surface area contributed by atoms with E-state index in [4.69, 9.17) is 4.74 Å². The number of hydrazine groups is 1. The predicted octanol–water partition coefficient (Wildman–Crippen LogP) is 3.86. The summed E-state index contributed by atoms with van der Waals surface area (Å²) >= 11 is 0. The van der Waals surface area contributed by atoms with Gasteiger partial charge in [0.1, 0.15) is 5.75 Å². The maximum absolute atomic E-state index is 12.9. The number of nitrogens with zero attached hydrogens (tertiary/aromatic N) is 2. The molecule has 0 radical (unpaired) electrons. The maximum Gasteiger partial charge on any atom is 0.290 e. The van der Waals surface area contributed by atoms with Gasteiger partial charge in [0.2, 0.25) is 0 Å². The lowest BCUT2D eigenvalue weighted by atomic mass is 10.0. The summed E-state index contributed by atoms with van der Waals surface area (Å²) < 4.78 is 7.04. The number of carbonyl (C=O) groups is 2. The average Bonchev–Trinajstić information content (AvgIpc) is 2.82. The Balaban J connectivity index is 1.70. The highest BCUT2D eigenvalue weighted by Gasteiger charge is 2.17. The third-order valence-corrected chi connectivity index (χ3v) is 5.52. The van der Waals surface area contributed by atoms with Crippen molar-refractivity contribution in [2.45, 2.75) is 59.4 Å². The molecule has 0 unspecified atom stereocenters. The molecule has 2 amide bonds. The van der Waals surface area contributed by atoms with Crippen LogP contribution in [0.1, 0.15) is 67.6 Å². The van der Waals surface area contributed by atoms with Crippen LogP contribution in [0.4, 0.5) is 0 Å². The fourth-order valence-electron chi connectivity index (χ4n) is 3.67. The van der Waals surface area contributed by atoms with Gasteiger partial charge in [-0.05, 0) is 42.5 Å². The van der Waals surface area contributed by atoms with Crippen molar-refractivity contribution in [2.75, 3.05) is 6.61 Å². The van der Waals surface area contributed by atoms with Crippen molar-refractivity contribution in [3.05, 3.63) is 69.6 Å². The summed E-state index contributed by atoms with van der Waals surface area (Å²) in [6.45, 7) is 8.30. The molecule has 0 atom stereocenters. The van der Waals surface area contributed by atoms with E-state index in [0.29, 0.717) is 23.1 Å². The number of fused-ring (bicyclic) bond motifs is 1. The summed E-state index contributed by atoms with van der Waals surface area (Å²) in [4.78, 5) is 38.0. The molecule has 2 aromatic carbocycles. The minimum Gasteiger partial charge on any atom is -0.483 e. The SMILES string of the molecule is CCCCCn1nc(C(=O)NNC(=O)COc2cc(C)ccc2C(C)C)c2ccccc2c1=O. The minimum absolute atomic E-state index is 0.0775. The Bertz CT molecular complexity index is 1230. The molecule has 0 aliphatic carbocycles. The molecule has 0 saturated heterocycles. The average molecular weight is 465 g/mol. The Morgan fingerprint density at radius 2 is 1.79 bits per heavy atom. The number of ether oxygens (including phenoxy) is 1. The molecule has 8 heteroatoms. The zero-order valence-corrected chi connectivity index (χ0v) is 20.2. The number of carbonyl (C=O) groups excluding carboxylic acids is 2. The molecule has 0 bridgehead atoms. The summed E-state index contributed by atoms with van der Waals surface area (Å²) in [7, 11) is 0. The van der Waals surface area contributed by atoms with Crippen LogP contribution in [0, 0.1) is 6.92 Å². The quantitative estimate of drug-likeness (QED) is 0.370. The maximum atomic E-state index is 12.9. The highest BCUT2D eigenvalue weighted by Crippen LogP contribution is 2.27. The lowest BCUT2D eigenvalue weighted by Gasteiger charge is -2.15. The number of hydrogen-bond acceptors (Lipinski definition) is 5. The van der Waals surface area contributed by atoms with Crippen LogP contribution in [0.5, 0.6) is 5.75 Å². The Morgan fingerprint density at radius 1 is 1.06 bits per heavy atom. The van der Waals surface area contributed by atoms with Crippen molar-refractivity contribution in [2.24, 2.45) is 0 Å². The van der Waals surface area contributed by atoms with E-state index < -0.39 is 11.8 Å². The predicted molar refractivity (Wildman–Crippen MR) is 132 cm³/mol. The zero-order valence-electron chi connectivity index (χ0n) is 20.2. The normalized spacial score (nSPS) is 11.0. The van der Waals surface area contributed by atoms with Crippen molar-refractivity contribution in [1.29, 1.82) is 0 Å². The third kappa shape index (κ3) is 6.01. The van der Waals surface area contributed by atoms with E-state index in [2.05, 4.69) is 36.7 Å². The van der Waals surface area contributed by atoms with Crippen molar-refractivity contribution in [3.8, 4) is 5.75 Å². The molecule has 0 fully saturated rings. The molecule has 0 aliphatic heterocycles. The van der Waals surface area contributed by atoms with E-state index in [9.17, 15) is 14.4 Å². The highest BCUT2D eigenvalue weighted by molar-refractivity contribution is 6.05. The van der Waals surface area contributed by atoms with Gasteiger partial charge in [0.15, 0.2) is 12.3 Å². The molecule has 1 heterocycles. The van der Waals surface area contributed by atoms with Gasteiger partial charge in [-0.3, -0.25) is 25.2 Å². The Labute approximate surface area is 199 Å². The van der Waals surface area contributed by atoms with Gasteiger partial charge in [0.25, 0.3) is 17.4 Å². The van der Waals surface area contributed by atoms with Crippen molar-refractivity contribution >= 4 is 22.6 Å². The number of nitrogens with one attached hydrogen (secondary N) is 2. The molecule has 0 saturated carbocycles. The van der Waals surface area contributed by atoms with Crippen LogP contribution in [-0.2, 0) is 11.3 Å². The van der Waals surface area contributed by atoms with Crippen molar-refractivity contribution in [3.63, 3.8) is 0 Å². The summed E-state index contributed by atoms with van der Waals surface area (Å²) in [5.41, 5.74) is 6.64. The van der Waals surface area contributed by atoms with Gasteiger partial charge in [-0.1, -0.05) is 63.9 Å². The molecule has 0 spiro atoms. The van der Waals surface area contributed by atoms with Gasteiger partial charge in [-0.25, -0.2) is 4.68 Å². The number of hydrogen-bond donors (Lipinski definition) is 2. The summed E-state index contributed by atoms with van der Waals surface area (Å²) in [5.74, 6) is -0.230. The van der Waals surface area contributed by atoms with Gasteiger partial charge in [-0.2, -0.15) is 5.10 Å². The number of aryl methyl sites for hydroxylation is 2. The van der Waals surface area contributed by atoms with E-state index in [0.717, 1.165) is 30.4 Å². The first kappa shape index (κ1) is 25.0. The van der Waals surface area contributed by atoms with Crippen LogP contribution in [0.15, 0.2) is 47.3 Å². The molecule has 8 nitrogen and oxygen atoms in total. The first-order valence-corrected chi connectivity index (χ1v) is 11.6. The molecular weight excluding hydrogens is 432 g/mol. The van der Waals surface area contributed by atoms with Gasteiger partial charge < -0.3 is 4.74 Å². The first-order chi connectivity index (χ1) is 16.3.